The molecule has 1 amide bonds. The van der Waals surface area contributed by atoms with Crippen molar-refractivity contribution in [1.29, 1.82) is 0 Å². The van der Waals surface area contributed by atoms with Gasteiger partial charge in [-0.05, 0) is 74.2 Å². The zero-order chi connectivity index (χ0) is 38.1. The molecule has 16 nitrogen and oxygen atoms in total. The Morgan fingerprint density at radius 2 is 1.19 bits per heavy atom. The monoisotopic (exact) mass is 729 g/mol. The fraction of sp³-hybridized carbons (Fsp3) is 0.263. The van der Waals surface area contributed by atoms with E-state index in [1.54, 1.807) is 20.3 Å². The maximum Gasteiger partial charge on any atom is 0.338 e. The van der Waals surface area contributed by atoms with Gasteiger partial charge in [0, 0.05) is 38.9 Å². The molecule has 0 unspecified atom stereocenters. The number of aromatic amines is 2. The molecule has 16 heteroatoms. The Bertz CT molecular complexity index is 2460. The molecule has 0 saturated carbocycles. The standard InChI is InChI=1S/C20H22N6O2.C18H17N5O3/c1-11(2)28-16-6-13-8-21-7-12(13)5-15(16)25-19-17-14(20(27)26(3)4)9-22-18(17)23-10-24-19;1-9(2)26-14-4-11-6-19-5-10(11)3-13(14)23-17-15-12(18(24)25)7-20-16(15)21-8-22-17/h5-7,9-11H,8H2,1-4H3,(H2,22,23,24,25);3-5,7-9H,6H2,1-2H3,(H,24,25)(H2,20,21,22,23). The van der Waals surface area contributed by atoms with Crippen LogP contribution in [0.2, 0.25) is 0 Å². The molecule has 2 aliphatic heterocycles. The van der Waals surface area contributed by atoms with Gasteiger partial charge in [0.2, 0.25) is 0 Å². The van der Waals surface area contributed by atoms with E-state index in [0.29, 0.717) is 63.8 Å². The van der Waals surface area contributed by atoms with Gasteiger partial charge in [0.05, 0.1) is 58.6 Å². The summed E-state index contributed by atoms with van der Waals surface area (Å²) in [5, 5.41) is 17.0. The topological polar surface area (TPSA) is 208 Å². The lowest BCUT2D eigenvalue weighted by molar-refractivity contribution is 0.0698. The maximum absolute atomic E-state index is 12.6. The number of benzene rings is 2. The second kappa shape index (κ2) is 14.7. The minimum atomic E-state index is -1.05. The molecule has 0 spiro atoms. The minimum absolute atomic E-state index is 0.0109. The van der Waals surface area contributed by atoms with Crippen molar-refractivity contribution in [2.45, 2.75) is 53.0 Å². The predicted octanol–water partition coefficient (Wildman–Crippen LogP) is 6.24. The van der Waals surface area contributed by atoms with E-state index >= 15 is 0 Å². The van der Waals surface area contributed by atoms with Crippen molar-refractivity contribution in [1.82, 2.24) is 34.8 Å². The van der Waals surface area contributed by atoms with Crippen molar-refractivity contribution in [2.24, 2.45) is 9.98 Å². The van der Waals surface area contributed by atoms with Gasteiger partial charge in [-0.3, -0.25) is 14.8 Å². The molecule has 6 heterocycles. The molecule has 8 rings (SSSR count). The Labute approximate surface area is 309 Å². The van der Waals surface area contributed by atoms with Gasteiger partial charge in [-0.15, -0.1) is 0 Å². The Hall–Kier alpha value is -6.84. The molecule has 6 aromatic rings. The van der Waals surface area contributed by atoms with Crippen LogP contribution in [-0.4, -0.2) is 90.5 Å². The third-order valence-electron chi connectivity index (χ3n) is 8.50. The Morgan fingerprint density at radius 3 is 1.63 bits per heavy atom. The molecule has 0 bridgehead atoms. The summed E-state index contributed by atoms with van der Waals surface area (Å²) < 4.78 is 11.9. The van der Waals surface area contributed by atoms with Gasteiger partial charge in [0.25, 0.3) is 5.91 Å². The summed E-state index contributed by atoms with van der Waals surface area (Å²) in [7, 11) is 3.43. The second-order valence-corrected chi connectivity index (χ2v) is 13.4. The van der Waals surface area contributed by atoms with E-state index < -0.39 is 5.97 Å². The van der Waals surface area contributed by atoms with E-state index in [2.05, 4.69) is 50.5 Å². The summed E-state index contributed by atoms with van der Waals surface area (Å²) in [6.07, 6.45) is 9.59. The third kappa shape index (κ3) is 7.13. The van der Waals surface area contributed by atoms with Crippen LogP contribution in [0.5, 0.6) is 11.5 Å². The van der Waals surface area contributed by atoms with Gasteiger partial charge in [0.15, 0.2) is 0 Å². The fourth-order valence-electron chi connectivity index (χ4n) is 6.12. The highest BCUT2D eigenvalue weighted by molar-refractivity contribution is 6.10. The number of nitrogens with one attached hydrogen (secondary N) is 4. The van der Waals surface area contributed by atoms with Crippen LogP contribution in [0.15, 0.2) is 59.3 Å². The maximum atomic E-state index is 12.6. The van der Waals surface area contributed by atoms with Crippen molar-refractivity contribution in [3.63, 3.8) is 0 Å². The fourth-order valence-corrected chi connectivity index (χ4v) is 6.12. The van der Waals surface area contributed by atoms with Crippen LogP contribution in [0.4, 0.5) is 23.0 Å². The number of aromatic nitrogens is 6. The van der Waals surface area contributed by atoms with Crippen LogP contribution in [0.1, 0.15) is 70.7 Å². The van der Waals surface area contributed by atoms with Crippen molar-refractivity contribution >= 4 is 69.4 Å². The van der Waals surface area contributed by atoms with E-state index in [-0.39, 0.29) is 23.7 Å². The van der Waals surface area contributed by atoms with E-state index in [1.807, 2.05) is 64.4 Å². The van der Waals surface area contributed by atoms with Gasteiger partial charge >= 0.3 is 5.97 Å². The Kier molecular flexibility index (Phi) is 9.65. The quantitative estimate of drug-likeness (QED) is 0.107. The first-order chi connectivity index (χ1) is 26.0. The number of hydrogen-bond donors (Lipinski definition) is 5. The number of amides is 1. The van der Waals surface area contributed by atoms with Gasteiger partial charge in [-0.1, -0.05) is 0 Å². The van der Waals surface area contributed by atoms with E-state index in [0.717, 1.165) is 33.7 Å². The molecule has 4 aromatic heterocycles. The number of hydrogen-bond acceptors (Lipinski definition) is 12. The summed E-state index contributed by atoms with van der Waals surface area (Å²) in [6.45, 7) is 9.15. The zero-order valence-electron chi connectivity index (χ0n) is 30.6. The van der Waals surface area contributed by atoms with Crippen molar-refractivity contribution < 1.29 is 24.2 Å². The first-order valence-corrected chi connectivity index (χ1v) is 17.3. The number of aromatic carboxylic acids is 1. The molecular formula is C38H39N11O5. The highest BCUT2D eigenvalue weighted by Crippen LogP contribution is 2.37. The number of rotatable bonds is 10. The number of aliphatic imine (C=N–C) groups is 2. The van der Waals surface area contributed by atoms with Crippen LogP contribution >= 0.6 is 0 Å². The highest BCUT2D eigenvalue weighted by atomic mass is 16.5. The van der Waals surface area contributed by atoms with E-state index in [1.165, 1.54) is 23.8 Å². The molecule has 54 heavy (non-hydrogen) atoms. The molecule has 5 N–H and O–H groups in total. The largest absolute Gasteiger partial charge is 0.489 e. The normalized spacial score (nSPS) is 12.5. The molecule has 0 saturated heterocycles. The lowest BCUT2D eigenvalue weighted by atomic mass is 10.1. The number of nitrogens with zero attached hydrogens (tertiary/aromatic N) is 7. The van der Waals surface area contributed by atoms with Crippen LogP contribution in [-0.2, 0) is 13.1 Å². The van der Waals surface area contributed by atoms with E-state index in [9.17, 15) is 14.7 Å². The van der Waals surface area contributed by atoms with Crippen LogP contribution in [0.25, 0.3) is 22.1 Å². The number of carbonyl (C=O) groups excluding carboxylic acids is 1. The number of carbonyl (C=O) groups is 2. The van der Waals surface area contributed by atoms with Gasteiger partial charge in [-0.25, -0.2) is 24.7 Å². The van der Waals surface area contributed by atoms with Gasteiger partial charge in [-0.2, -0.15) is 0 Å². The van der Waals surface area contributed by atoms with Gasteiger partial charge in [0.1, 0.15) is 47.1 Å². The molecule has 0 aliphatic carbocycles. The molecular weight excluding hydrogens is 690 g/mol. The average molecular weight is 730 g/mol. The number of ether oxygens (including phenoxy) is 2. The number of fused-ring (bicyclic) bond motifs is 4. The van der Waals surface area contributed by atoms with Crippen LogP contribution < -0.4 is 20.1 Å². The number of anilines is 4. The summed E-state index contributed by atoms with van der Waals surface area (Å²) in [5.41, 5.74) is 7.39. The average Bonchev–Trinajstić information content (AvgIpc) is 3.94. The minimum Gasteiger partial charge on any atom is -0.489 e. The number of carboxylic acid groups (broad SMARTS) is 1. The number of carboxylic acids is 1. The molecule has 2 aliphatic rings. The van der Waals surface area contributed by atoms with Crippen LogP contribution in [0, 0.1) is 0 Å². The Morgan fingerprint density at radius 1 is 0.722 bits per heavy atom. The first kappa shape index (κ1) is 35.6. The van der Waals surface area contributed by atoms with E-state index in [4.69, 9.17) is 9.47 Å². The van der Waals surface area contributed by atoms with Crippen molar-refractivity contribution in [3.05, 3.63) is 82.7 Å². The molecule has 2 aromatic carbocycles. The molecule has 0 fully saturated rings. The van der Waals surface area contributed by atoms with Gasteiger partial charge < -0.3 is 40.1 Å². The summed E-state index contributed by atoms with van der Waals surface area (Å²) in [5.74, 6) is 1.17. The van der Waals surface area contributed by atoms with Crippen LogP contribution in [0.3, 0.4) is 0 Å². The summed E-state index contributed by atoms with van der Waals surface area (Å²) in [4.78, 5) is 57.1. The summed E-state index contributed by atoms with van der Waals surface area (Å²) >= 11 is 0. The molecule has 276 valence electrons. The predicted molar refractivity (Wildman–Crippen MR) is 206 cm³/mol. The van der Waals surface area contributed by atoms with Crippen molar-refractivity contribution in [2.75, 3.05) is 24.7 Å². The smallest absolute Gasteiger partial charge is 0.338 e. The zero-order valence-corrected chi connectivity index (χ0v) is 30.6. The second-order valence-electron chi connectivity index (χ2n) is 13.4. The molecule has 0 atom stereocenters. The SMILES string of the molecule is CC(C)Oc1cc2c(cc1Nc1ncnc3[nH]cc(C(=O)N(C)C)c13)C=NC2.CC(C)Oc1cc2c(cc1Nc1ncnc3[nH]cc(C(=O)O)c13)C=NC2. The van der Waals surface area contributed by atoms with Crippen molar-refractivity contribution in [3.8, 4) is 11.5 Å². The third-order valence-corrected chi connectivity index (χ3v) is 8.50. The first-order valence-electron chi connectivity index (χ1n) is 17.3. The Balaban J connectivity index is 0.000000167. The summed E-state index contributed by atoms with van der Waals surface area (Å²) in [6, 6.07) is 7.90. The number of H-pyrrole nitrogens is 2. The molecule has 0 radical (unpaired) electrons. The lowest BCUT2D eigenvalue weighted by Gasteiger charge is -2.17. The lowest BCUT2D eigenvalue weighted by Crippen LogP contribution is -2.21. The highest BCUT2D eigenvalue weighted by Gasteiger charge is 2.22.